The van der Waals surface area contributed by atoms with Gasteiger partial charge in [0.25, 0.3) is 5.56 Å². The lowest BCUT2D eigenvalue weighted by molar-refractivity contribution is -0.111. The summed E-state index contributed by atoms with van der Waals surface area (Å²) in [6.07, 6.45) is 0.557. The van der Waals surface area contributed by atoms with Crippen LogP contribution in [0.4, 0.5) is 0 Å². The van der Waals surface area contributed by atoms with E-state index in [1.165, 1.54) is 4.68 Å². The zero-order chi connectivity index (χ0) is 14.6. The predicted molar refractivity (Wildman–Crippen MR) is 76.6 cm³/mol. The van der Waals surface area contributed by atoms with Crippen molar-refractivity contribution >= 4 is 16.8 Å². The number of hydrogen-bond acceptors (Lipinski definition) is 3. The van der Waals surface area contributed by atoms with E-state index in [-0.39, 0.29) is 17.9 Å². The van der Waals surface area contributed by atoms with Crippen LogP contribution < -0.4 is 5.56 Å². The van der Waals surface area contributed by atoms with Crippen molar-refractivity contribution < 1.29 is 4.79 Å². The van der Waals surface area contributed by atoms with Gasteiger partial charge in [-0.05, 0) is 35.9 Å². The number of hydrogen-bond donors (Lipinski definition) is 0. The SMILES string of the molecule is CC(C)Cn1nc(C(C)C)cc(CCC(=O)Cl)c1=O. The van der Waals surface area contributed by atoms with Crippen LogP contribution in [-0.2, 0) is 17.8 Å². The summed E-state index contributed by atoms with van der Waals surface area (Å²) in [6.45, 7) is 8.73. The first-order valence-electron chi connectivity index (χ1n) is 6.60. The molecule has 0 saturated heterocycles. The van der Waals surface area contributed by atoms with Crippen molar-refractivity contribution in [2.45, 2.75) is 53.0 Å². The highest BCUT2D eigenvalue weighted by atomic mass is 35.5. The molecule has 1 heterocycles. The maximum absolute atomic E-state index is 12.2. The fraction of sp³-hybridized carbons (Fsp3) is 0.643. The van der Waals surface area contributed by atoms with Crippen molar-refractivity contribution in [2.24, 2.45) is 5.92 Å². The molecule has 1 aromatic heterocycles. The third kappa shape index (κ3) is 4.78. The van der Waals surface area contributed by atoms with Crippen LogP contribution in [0.15, 0.2) is 10.9 Å². The van der Waals surface area contributed by atoms with Crippen molar-refractivity contribution in [3.05, 3.63) is 27.7 Å². The van der Waals surface area contributed by atoms with Crippen molar-refractivity contribution in [3.8, 4) is 0 Å². The van der Waals surface area contributed by atoms with Crippen LogP contribution in [0.5, 0.6) is 0 Å². The number of aryl methyl sites for hydroxylation is 1. The van der Waals surface area contributed by atoms with Gasteiger partial charge in [-0.2, -0.15) is 5.10 Å². The summed E-state index contributed by atoms with van der Waals surface area (Å²) in [4.78, 5) is 23.1. The van der Waals surface area contributed by atoms with Gasteiger partial charge in [0.2, 0.25) is 5.24 Å². The first kappa shape index (κ1) is 15.9. The molecule has 1 aromatic rings. The van der Waals surface area contributed by atoms with Gasteiger partial charge in [0.05, 0.1) is 5.69 Å². The van der Waals surface area contributed by atoms with Crippen molar-refractivity contribution in [3.63, 3.8) is 0 Å². The lowest BCUT2D eigenvalue weighted by atomic mass is 10.1. The molecule has 0 aliphatic heterocycles. The summed E-state index contributed by atoms with van der Waals surface area (Å²) < 4.78 is 1.51. The molecule has 0 aliphatic carbocycles. The predicted octanol–water partition coefficient (Wildman–Crippen LogP) is 2.72. The van der Waals surface area contributed by atoms with Crippen molar-refractivity contribution in [1.82, 2.24) is 9.78 Å². The van der Waals surface area contributed by atoms with Gasteiger partial charge in [-0.25, -0.2) is 4.68 Å². The second-order valence-corrected chi connectivity index (χ2v) is 5.91. The molecule has 0 atom stereocenters. The van der Waals surface area contributed by atoms with Crippen LogP contribution in [0.1, 0.15) is 51.3 Å². The summed E-state index contributed by atoms with van der Waals surface area (Å²) in [5.74, 6) is 0.583. The molecule has 0 bridgehead atoms. The molecular formula is C14H21ClN2O2. The van der Waals surface area contributed by atoms with Crippen molar-refractivity contribution in [2.75, 3.05) is 0 Å². The van der Waals surface area contributed by atoms with E-state index in [1.807, 2.05) is 27.7 Å². The first-order valence-corrected chi connectivity index (χ1v) is 6.98. The standard InChI is InChI=1S/C14H21ClN2O2/c1-9(2)8-17-14(19)11(5-6-13(15)18)7-12(16-17)10(3)4/h7,9-10H,5-6,8H2,1-4H3. The van der Waals surface area contributed by atoms with E-state index >= 15 is 0 Å². The average molecular weight is 285 g/mol. The molecule has 0 amide bonds. The highest BCUT2D eigenvalue weighted by Crippen LogP contribution is 2.12. The largest absolute Gasteiger partial charge is 0.281 e. The third-order valence-corrected chi connectivity index (χ3v) is 2.98. The minimum Gasteiger partial charge on any atom is -0.281 e. The fourth-order valence-corrected chi connectivity index (χ4v) is 1.88. The molecule has 4 nitrogen and oxygen atoms in total. The minimum atomic E-state index is -0.419. The fourth-order valence-electron chi connectivity index (χ4n) is 1.78. The summed E-state index contributed by atoms with van der Waals surface area (Å²) >= 11 is 5.34. The van der Waals surface area contributed by atoms with E-state index in [9.17, 15) is 9.59 Å². The van der Waals surface area contributed by atoms with E-state index in [4.69, 9.17) is 11.6 Å². The van der Waals surface area contributed by atoms with E-state index in [0.29, 0.717) is 24.4 Å². The van der Waals surface area contributed by atoms with E-state index in [1.54, 1.807) is 6.07 Å². The topological polar surface area (TPSA) is 52.0 Å². The Labute approximate surface area is 118 Å². The van der Waals surface area contributed by atoms with Crippen LogP contribution in [-0.4, -0.2) is 15.0 Å². The van der Waals surface area contributed by atoms with Crippen LogP contribution in [0.3, 0.4) is 0 Å². The zero-order valence-electron chi connectivity index (χ0n) is 11.9. The van der Waals surface area contributed by atoms with E-state index < -0.39 is 5.24 Å². The Bertz CT molecular complexity index is 507. The van der Waals surface area contributed by atoms with Crippen molar-refractivity contribution in [1.29, 1.82) is 0 Å². The third-order valence-electron chi connectivity index (χ3n) is 2.79. The van der Waals surface area contributed by atoms with Crippen LogP contribution in [0.2, 0.25) is 0 Å². The molecule has 0 spiro atoms. The maximum atomic E-state index is 12.2. The quantitative estimate of drug-likeness (QED) is 0.755. The first-order chi connectivity index (χ1) is 8.81. The molecular weight excluding hydrogens is 264 g/mol. The highest BCUT2D eigenvalue weighted by molar-refractivity contribution is 6.63. The number of carbonyl (C=O) groups excluding carboxylic acids is 1. The normalized spacial score (nSPS) is 11.3. The summed E-state index contributed by atoms with van der Waals surface area (Å²) in [5, 5.41) is 3.97. The average Bonchev–Trinajstić information content (AvgIpc) is 2.29. The van der Waals surface area contributed by atoms with Gasteiger partial charge in [-0.1, -0.05) is 27.7 Å². The molecule has 0 aliphatic rings. The van der Waals surface area contributed by atoms with Gasteiger partial charge in [-0.15, -0.1) is 0 Å². The summed E-state index contributed by atoms with van der Waals surface area (Å²) in [7, 11) is 0. The molecule has 0 saturated carbocycles. The smallest absolute Gasteiger partial charge is 0.269 e. The number of rotatable bonds is 6. The molecule has 0 aromatic carbocycles. The van der Waals surface area contributed by atoms with Gasteiger partial charge in [0.1, 0.15) is 0 Å². The molecule has 0 fully saturated rings. The Balaban J connectivity index is 3.16. The Morgan fingerprint density at radius 2 is 2.00 bits per heavy atom. The van der Waals surface area contributed by atoms with Crippen LogP contribution in [0.25, 0.3) is 0 Å². The Morgan fingerprint density at radius 3 is 2.47 bits per heavy atom. The van der Waals surface area contributed by atoms with E-state index in [2.05, 4.69) is 5.10 Å². The van der Waals surface area contributed by atoms with Gasteiger partial charge >= 0.3 is 0 Å². The van der Waals surface area contributed by atoms with Gasteiger partial charge in [-0.3, -0.25) is 9.59 Å². The zero-order valence-corrected chi connectivity index (χ0v) is 12.7. The van der Waals surface area contributed by atoms with E-state index in [0.717, 1.165) is 5.69 Å². The van der Waals surface area contributed by atoms with Crippen LogP contribution in [0, 0.1) is 5.92 Å². The van der Waals surface area contributed by atoms with Gasteiger partial charge < -0.3 is 0 Å². The monoisotopic (exact) mass is 284 g/mol. The molecule has 1 rings (SSSR count). The second-order valence-electron chi connectivity index (χ2n) is 5.49. The summed E-state index contributed by atoms with van der Waals surface area (Å²) in [6, 6.07) is 1.80. The highest BCUT2D eigenvalue weighted by Gasteiger charge is 2.12. The molecule has 0 radical (unpaired) electrons. The lowest BCUT2D eigenvalue weighted by Gasteiger charge is -2.13. The molecule has 106 valence electrons. The van der Waals surface area contributed by atoms with Crippen LogP contribution >= 0.6 is 11.6 Å². The number of aromatic nitrogens is 2. The van der Waals surface area contributed by atoms with Gasteiger partial charge in [0.15, 0.2) is 0 Å². The Kier molecular flexibility index (Phi) is 5.73. The van der Waals surface area contributed by atoms with Gasteiger partial charge in [0, 0.05) is 18.5 Å². The Hall–Kier alpha value is -1.16. The second kappa shape index (κ2) is 6.85. The summed E-state index contributed by atoms with van der Waals surface area (Å²) in [5.41, 5.74) is 1.38. The molecule has 0 N–H and O–H groups in total. The molecule has 0 unspecified atom stereocenters. The maximum Gasteiger partial charge on any atom is 0.269 e. The molecule has 19 heavy (non-hydrogen) atoms. The Morgan fingerprint density at radius 1 is 1.37 bits per heavy atom. The number of nitrogens with zero attached hydrogens (tertiary/aromatic N) is 2. The number of carbonyl (C=O) groups is 1. The number of halogens is 1. The lowest BCUT2D eigenvalue weighted by Crippen LogP contribution is -2.29. The molecule has 5 heteroatoms. The minimum absolute atomic E-state index is 0.115.